The number of fused-ring (bicyclic) bond motifs is 1. The predicted octanol–water partition coefficient (Wildman–Crippen LogP) is 3.37. The molecule has 31 heavy (non-hydrogen) atoms. The molecule has 0 unspecified atom stereocenters. The molecule has 9 nitrogen and oxygen atoms in total. The van der Waals surface area contributed by atoms with Gasteiger partial charge in [-0.2, -0.15) is 0 Å². The first-order valence-corrected chi connectivity index (χ1v) is 9.63. The van der Waals surface area contributed by atoms with Crippen molar-refractivity contribution in [2.24, 2.45) is 0 Å². The lowest BCUT2D eigenvalue weighted by molar-refractivity contribution is 0.0958. The minimum absolute atomic E-state index is 0.190. The number of furan rings is 1. The highest BCUT2D eigenvalue weighted by Crippen LogP contribution is 2.31. The van der Waals surface area contributed by atoms with Crippen molar-refractivity contribution >= 4 is 34.1 Å². The van der Waals surface area contributed by atoms with E-state index in [4.69, 9.17) is 9.15 Å². The summed E-state index contributed by atoms with van der Waals surface area (Å²) < 4.78 is 11.4. The molecule has 0 spiro atoms. The van der Waals surface area contributed by atoms with Crippen LogP contribution in [-0.2, 0) is 6.61 Å². The molecule has 4 rings (SSSR count). The molecule has 0 aliphatic heterocycles. The molecule has 1 aromatic carbocycles. The summed E-state index contributed by atoms with van der Waals surface area (Å²) in [6.45, 7) is 0.190. The van der Waals surface area contributed by atoms with Gasteiger partial charge >= 0.3 is 0 Å². The van der Waals surface area contributed by atoms with Gasteiger partial charge in [-0.25, -0.2) is 0 Å². The summed E-state index contributed by atoms with van der Waals surface area (Å²) in [6.07, 6.45) is 3.13. The number of hydrogen-bond donors (Lipinski definition) is 2. The maximum absolute atomic E-state index is 11.8. The summed E-state index contributed by atoms with van der Waals surface area (Å²) in [5.74, 6) is 0.579. The molecule has 158 valence electrons. The molecule has 2 N–H and O–H groups in total. The Hall–Kier alpha value is -4.14. The quantitative estimate of drug-likeness (QED) is 0.471. The van der Waals surface area contributed by atoms with Gasteiger partial charge in [-0.3, -0.25) is 9.78 Å². The summed E-state index contributed by atoms with van der Waals surface area (Å²) in [5.41, 5.74) is 3.57. The summed E-state index contributed by atoms with van der Waals surface area (Å²) in [5, 5.41) is 15.0. The van der Waals surface area contributed by atoms with Crippen LogP contribution in [0.1, 0.15) is 16.1 Å². The van der Waals surface area contributed by atoms with Gasteiger partial charge in [0.15, 0.2) is 5.82 Å². The second-order valence-electron chi connectivity index (χ2n) is 7.00. The van der Waals surface area contributed by atoms with Crippen LogP contribution in [0.4, 0.5) is 17.2 Å². The monoisotopic (exact) mass is 418 g/mol. The molecular formula is C22H22N6O3. The molecule has 3 heterocycles. The SMILES string of the molecule is CNC(=O)c1cc(COc2nnc(Nc3ccc(N(C)C)cc3)c3ccoc23)ccn1. The highest BCUT2D eigenvalue weighted by atomic mass is 16.5. The molecule has 0 fully saturated rings. The first-order valence-electron chi connectivity index (χ1n) is 9.63. The molecule has 0 saturated heterocycles. The van der Waals surface area contributed by atoms with Gasteiger partial charge in [0.1, 0.15) is 12.3 Å². The van der Waals surface area contributed by atoms with Gasteiger partial charge in [0.25, 0.3) is 11.8 Å². The predicted molar refractivity (Wildman–Crippen MR) is 118 cm³/mol. The Labute approximate surface area is 179 Å². The van der Waals surface area contributed by atoms with Crippen LogP contribution in [0.5, 0.6) is 5.88 Å². The third-order valence-electron chi connectivity index (χ3n) is 4.66. The minimum Gasteiger partial charge on any atom is -0.469 e. The lowest BCUT2D eigenvalue weighted by atomic mass is 10.2. The number of pyridine rings is 1. The second-order valence-corrected chi connectivity index (χ2v) is 7.00. The number of amides is 1. The van der Waals surface area contributed by atoms with E-state index in [2.05, 4.69) is 25.8 Å². The molecule has 4 aromatic rings. The number of aromatic nitrogens is 3. The van der Waals surface area contributed by atoms with Crippen molar-refractivity contribution in [1.29, 1.82) is 0 Å². The fourth-order valence-electron chi connectivity index (χ4n) is 2.99. The molecule has 0 radical (unpaired) electrons. The van der Waals surface area contributed by atoms with Crippen LogP contribution in [0, 0.1) is 0 Å². The third-order valence-corrected chi connectivity index (χ3v) is 4.66. The first kappa shape index (κ1) is 20.1. The zero-order chi connectivity index (χ0) is 21.8. The third kappa shape index (κ3) is 4.40. The van der Waals surface area contributed by atoms with E-state index in [1.807, 2.05) is 49.3 Å². The average Bonchev–Trinajstić information content (AvgIpc) is 3.29. The topological polar surface area (TPSA) is 105 Å². The van der Waals surface area contributed by atoms with Crippen molar-refractivity contribution < 1.29 is 13.9 Å². The van der Waals surface area contributed by atoms with Crippen LogP contribution in [-0.4, -0.2) is 42.2 Å². The zero-order valence-corrected chi connectivity index (χ0v) is 17.4. The Morgan fingerprint density at radius 3 is 2.68 bits per heavy atom. The fraction of sp³-hybridized carbons (Fsp3) is 0.182. The molecule has 0 saturated carbocycles. The molecule has 0 atom stereocenters. The van der Waals surface area contributed by atoms with Crippen molar-refractivity contribution in [3.8, 4) is 5.88 Å². The summed E-state index contributed by atoms with van der Waals surface area (Å²) in [6, 6.07) is 13.2. The number of nitrogens with zero attached hydrogens (tertiary/aromatic N) is 4. The maximum Gasteiger partial charge on any atom is 0.278 e. The number of ether oxygens (including phenoxy) is 1. The number of rotatable bonds is 7. The number of carbonyl (C=O) groups is 1. The Morgan fingerprint density at radius 1 is 1.13 bits per heavy atom. The second kappa shape index (κ2) is 8.70. The number of hydrogen-bond acceptors (Lipinski definition) is 8. The van der Waals surface area contributed by atoms with Gasteiger partial charge in [-0.05, 0) is 48.0 Å². The summed E-state index contributed by atoms with van der Waals surface area (Å²) in [4.78, 5) is 17.8. The molecule has 3 aromatic heterocycles. The van der Waals surface area contributed by atoms with Crippen molar-refractivity contribution in [3.63, 3.8) is 0 Å². The highest BCUT2D eigenvalue weighted by molar-refractivity contribution is 5.93. The summed E-state index contributed by atoms with van der Waals surface area (Å²) in [7, 11) is 5.54. The van der Waals surface area contributed by atoms with E-state index < -0.39 is 0 Å². The van der Waals surface area contributed by atoms with E-state index >= 15 is 0 Å². The first-order chi connectivity index (χ1) is 15.0. The Morgan fingerprint density at radius 2 is 1.94 bits per heavy atom. The van der Waals surface area contributed by atoms with E-state index in [9.17, 15) is 4.79 Å². The Kier molecular flexibility index (Phi) is 5.65. The van der Waals surface area contributed by atoms with Crippen molar-refractivity contribution in [3.05, 3.63) is 66.2 Å². The normalized spacial score (nSPS) is 10.7. The van der Waals surface area contributed by atoms with Gasteiger partial charge < -0.3 is 24.7 Å². The van der Waals surface area contributed by atoms with Gasteiger partial charge in [0.2, 0.25) is 5.58 Å². The molecular weight excluding hydrogens is 396 g/mol. The largest absolute Gasteiger partial charge is 0.469 e. The van der Waals surface area contributed by atoms with Crippen LogP contribution in [0.3, 0.4) is 0 Å². The van der Waals surface area contributed by atoms with E-state index in [-0.39, 0.29) is 18.4 Å². The van der Waals surface area contributed by atoms with Crippen LogP contribution in [0.25, 0.3) is 11.0 Å². The Bertz CT molecular complexity index is 1200. The van der Waals surface area contributed by atoms with Crippen molar-refractivity contribution in [2.45, 2.75) is 6.61 Å². The summed E-state index contributed by atoms with van der Waals surface area (Å²) >= 11 is 0. The highest BCUT2D eigenvalue weighted by Gasteiger charge is 2.15. The molecule has 0 aliphatic carbocycles. The van der Waals surface area contributed by atoms with Gasteiger partial charge in [-0.15, -0.1) is 10.2 Å². The van der Waals surface area contributed by atoms with Gasteiger partial charge in [-0.1, -0.05) is 0 Å². The smallest absolute Gasteiger partial charge is 0.278 e. The zero-order valence-electron chi connectivity index (χ0n) is 17.4. The number of nitrogens with one attached hydrogen (secondary N) is 2. The van der Waals surface area contributed by atoms with Crippen molar-refractivity contribution in [2.75, 3.05) is 31.4 Å². The van der Waals surface area contributed by atoms with Crippen LogP contribution >= 0.6 is 0 Å². The molecule has 9 heteroatoms. The lowest BCUT2D eigenvalue weighted by Gasteiger charge is -2.13. The molecule has 1 amide bonds. The average molecular weight is 418 g/mol. The standard InChI is InChI=1S/C22H22N6O3/c1-23-21(29)18-12-14(8-10-24-18)13-31-22-19-17(9-11-30-19)20(26-27-22)25-15-4-6-16(7-5-15)28(2)3/h4-12H,13H2,1-3H3,(H,23,29)(H,25,26). The Balaban J connectivity index is 1.52. The van der Waals surface area contributed by atoms with E-state index in [0.717, 1.165) is 22.3 Å². The van der Waals surface area contributed by atoms with Gasteiger partial charge in [0, 0.05) is 38.7 Å². The lowest BCUT2D eigenvalue weighted by Crippen LogP contribution is -2.19. The van der Waals surface area contributed by atoms with E-state index in [1.54, 1.807) is 31.6 Å². The van der Waals surface area contributed by atoms with Crippen LogP contribution in [0.15, 0.2) is 59.3 Å². The number of benzene rings is 1. The van der Waals surface area contributed by atoms with Crippen LogP contribution in [0.2, 0.25) is 0 Å². The van der Waals surface area contributed by atoms with Crippen molar-refractivity contribution in [1.82, 2.24) is 20.5 Å². The van der Waals surface area contributed by atoms with E-state index in [0.29, 0.717) is 17.1 Å². The van der Waals surface area contributed by atoms with Gasteiger partial charge in [0.05, 0.1) is 11.6 Å². The molecule has 0 aliphatic rings. The molecule has 0 bridgehead atoms. The number of carbonyl (C=O) groups excluding carboxylic acids is 1. The fourth-order valence-corrected chi connectivity index (χ4v) is 2.99. The van der Waals surface area contributed by atoms with Crippen LogP contribution < -0.4 is 20.3 Å². The maximum atomic E-state index is 11.8. The number of anilines is 3. The minimum atomic E-state index is -0.260. The van der Waals surface area contributed by atoms with E-state index in [1.165, 1.54) is 0 Å².